The quantitative estimate of drug-likeness (QED) is 0.862. The van der Waals surface area contributed by atoms with Crippen LogP contribution in [0.5, 0.6) is 0 Å². The van der Waals surface area contributed by atoms with Gasteiger partial charge < -0.3 is 15.0 Å². The van der Waals surface area contributed by atoms with Crippen LogP contribution in [0, 0.1) is 0 Å². The van der Waals surface area contributed by atoms with Crippen molar-refractivity contribution in [1.82, 2.24) is 19.8 Å². The minimum atomic E-state index is 0.148. The third-order valence-corrected chi connectivity index (χ3v) is 4.20. The molecule has 1 aromatic carbocycles. The molecule has 0 unspecified atom stereocenters. The Morgan fingerprint density at radius 1 is 1.29 bits per heavy atom. The molecule has 0 saturated carbocycles. The predicted octanol–water partition coefficient (Wildman–Crippen LogP) is 0.996. The zero-order valence-corrected chi connectivity index (χ0v) is 12.7. The average Bonchev–Trinajstić information content (AvgIpc) is 2.85. The topological polar surface area (TPSA) is 53.3 Å². The van der Waals surface area contributed by atoms with Crippen molar-refractivity contribution in [1.29, 1.82) is 0 Å². The summed E-state index contributed by atoms with van der Waals surface area (Å²) in [5, 5.41) is 12.7. The van der Waals surface area contributed by atoms with Gasteiger partial charge in [0.05, 0.1) is 24.2 Å². The van der Waals surface area contributed by atoms with Crippen LogP contribution in [0.15, 0.2) is 18.2 Å². The van der Waals surface area contributed by atoms with E-state index in [-0.39, 0.29) is 6.61 Å². The van der Waals surface area contributed by atoms with E-state index in [0.29, 0.717) is 6.54 Å². The number of rotatable bonds is 5. The van der Waals surface area contributed by atoms with Gasteiger partial charge in [0, 0.05) is 32.7 Å². The maximum atomic E-state index is 9.36. The Morgan fingerprint density at radius 3 is 2.81 bits per heavy atom. The van der Waals surface area contributed by atoms with Crippen LogP contribution in [-0.4, -0.2) is 52.3 Å². The van der Waals surface area contributed by atoms with Crippen LogP contribution < -0.4 is 5.32 Å². The van der Waals surface area contributed by atoms with Crippen molar-refractivity contribution in [2.75, 3.05) is 32.8 Å². The van der Waals surface area contributed by atoms with E-state index in [1.807, 2.05) is 0 Å². The molecule has 0 spiro atoms. The summed E-state index contributed by atoms with van der Waals surface area (Å²) in [5.74, 6) is 1.06. The zero-order chi connectivity index (χ0) is 14.7. The first-order valence-electron chi connectivity index (χ1n) is 7.83. The predicted molar refractivity (Wildman–Crippen MR) is 84.3 cm³/mol. The molecule has 2 N–H and O–H groups in total. The van der Waals surface area contributed by atoms with E-state index < -0.39 is 0 Å². The molecule has 1 fully saturated rings. The van der Waals surface area contributed by atoms with Gasteiger partial charge >= 0.3 is 0 Å². The number of aromatic nitrogens is 2. The van der Waals surface area contributed by atoms with Gasteiger partial charge in [-0.15, -0.1) is 0 Å². The Kier molecular flexibility index (Phi) is 4.53. The number of piperazine rings is 1. The number of aliphatic hydroxyl groups is 1. The van der Waals surface area contributed by atoms with E-state index in [1.54, 1.807) is 0 Å². The molecule has 114 valence electrons. The molecule has 5 heteroatoms. The van der Waals surface area contributed by atoms with Crippen molar-refractivity contribution in [3.05, 3.63) is 29.6 Å². The summed E-state index contributed by atoms with van der Waals surface area (Å²) in [7, 11) is 0. The number of imidazole rings is 1. The minimum Gasteiger partial charge on any atom is -0.395 e. The number of aryl methyl sites for hydroxylation is 1. The molecule has 0 aliphatic carbocycles. The summed E-state index contributed by atoms with van der Waals surface area (Å²) in [5.41, 5.74) is 3.49. The Labute approximate surface area is 125 Å². The molecule has 1 saturated heterocycles. The second-order valence-electron chi connectivity index (χ2n) is 5.61. The lowest BCUT2D eigenvalue weighted by molar-refractivity contribution is 0.221. The normalized spacial score (nSPS) is 16.7. The Hall–Kier alpha value is -1.43. The van der Waals surface area contributed by atoms with Gasteiger partial charge in [-0.25, -0.2) is 4.98 Å². The Morgan fingerprint density at radius 2 is 2.10 bits per heavy atom. The number of nitrogens with one attached hydrogen (secondary N) is 1. The van der Waals surface area contributed by atoms with E-state index in [0.717, 1.165) is 56.0 Å². The molecule has 2 aromatic rings. The SMILES string of the molecule is CCc1ccc2c(c1)nc(CN1CCNCC1)n2CCO. The molecule has 21 heavy (non-hydrogen) atoms. The molecule has 3 rings (SSSR count). The lowest BCUT2D eigenvalue weighted by Crippen LogP contribution is -2.43. The summed E-state index contributed by atoms with van der Waals surface area (Å²) in [6.07, 6.45) is 1.02. The minimum absolute atomic E-state index is 0.148. The summed E-state index contributed by atoms with van der Waals surface area (Å²) < 4.78 is 2.16. The molecule has 1 aliphatic heterocycles. The molecule has 0 bridgehead atoms. The first kappa shape index (κ1) is 14.5. The molecular formula is C16H24N4O. The number of nitrogens with zero attached hydrogens (tertiary/aromatic N) is 3. The van der Waals surface area contributed by atoms with Crippen LogP contribution >= 0.6 is 0 Å². The average molecular weight is 288 g/mol. The Bertz CT molecular complexity index is 602. The van der Waals surface area contributed by atoms with Crippen LogP contribution in [0.3, 0.4) is 0 Å². The standard InChI is InChI=1S/C16H24N4O/c1-2-13-3-4-15-14(11-13)18-16(20(15)9-10-21)12-19-7-5-17-6-8-19/h3-4,11,17,21H,2,5-10,12H2,1H3. The van der Waals surface area contributed by atoms with Gasteiger partial charge in [-0.05, 0) is 24.1 Å². The second-order valence-corrected chi connectivity index (χ2v) is 5.61. The molecule has 1 aromatic heterocycles. The summed E-state index contributed by atoms with van der Waals surface area (Å²) >= 11 is 0. The summed E-state index contributed by atoms with van der Waals surface area (Å²) in [6, 6.07) is 6.47. The lowest BCUT2D eigenvalue weighted by Gasteiger charge is -2.26. The summed E-state index contributed by atoms with van der Waals surface area (Å²) in [6.45, 7) is 7.98. The van der Waals surface area contributed by atoms with Crippen molar-refractivity contribution < 1.29 is 5.11 Å². The molecule has 0 atom stereocenters. The third-order valence-electron chi connectivity index (χ3n) is 4.20. The molecule has 0 radical (unpaired) electrons. The van der Waals surface area contributed by atoms with Crippen LogP contribution in [0.4, 0.5) is 0 Å². The smallest absolute Gasteiger partial charge is 0.124 e. The van der Waals surface area contributed by atoms with Crippen LogP contribution in [0.2, 0.25) is 0 Å². The van der Waals surface area contributed by atoms with Crippen molar-refractivity contribution in [3.8, 4) is 0 Å². The highest BCUT2D eigenvalue weighted by molar-refractivity contribution is 5.77. The first-order valence-corrected chi connectivity index (χ1v) is 7.83. The number of hydrogen-bond donors (Lipinski definition) is 2. The number of hydrogen-bond acceptors (Lipinski definition) is 4. The third kappa shape index (κ3) is 3.10. The van der Waals surface area contributed by atoms with Gasteiger partial charge in [-0.2, -0.15) is 0 Å². The first-order chi connectivity index (χ1) is 10.3. The highest BCUT2D eigenvalue weighted by Gasteiger charge is 2.16. The van der Waals surface area contributed by atoms with Crippen molar-refractivity contribution >= 4 is 11.0 Å². The maximum Gasteiger partial charge on any atom is 0.124 e. The van der Waals surface area contributed by atoms with Gasteiger partial charge in [-0.1, -0.05) is 13.0 Å². The van der Waals surface area contributed by atoms with Gasteiger partial charge in [0.1, 0.15) is 5.82 Å². The van der Waals surface area contributed by atoms with E-state index in [4.69, 9.17) is 4.98 Å². The molecular weight excluding hydrogens is 264 g/mol. The highest BCUT2D eigenvalue weighted by atomic mass is 16.3. The van der Waals surface area contributed by atoms with Crippen LogP contribution in [0.1, 0.15) is 18.3 Å². The van der Waals surface area contributed by atoms with Crippen LogP contribution in [-0.2, 0) is 19.5 Å². The fourth-order valence-electron chi connectivity index (χ4n) is 2.98. The van der Waals surface area contributed by atoms with Gasteiger partial charge in [0.2, 0.25) is 0 Å². The van der Waals surface area contributed by atoms with Crippen LogP contribution in [0.25, 0.3) is 11.0 Å². The zero-order valence-electron chi connectivity index (χ0n) is 12.7. The van der Waals surface area contributed by atoms with E-state index >= 15 is 0 Å². The summed E-state index contributed by atoms with van der Waals surface area (Å²) in [4.78, 5) is 7.25. The monoisotopic (exact) mass is 288 g/mol. The van der Waals surface area contributed by atoms with E-state index in [9.17, 15) is 5.11 Å². The molecule has 0 amide bonds. The van der Waals surface area contributed by atoms with Crippen molar-refractivity contribution in [2.45, 2.75) is 26.4 Å². The maximum absolute atomic E-state index is 9.36. The number of aliphatic hydroxyl groups excluding tert-OH is 1. The fourth-order valence-corrected chi connectivity index (χ4v) is 2.98. The molecule has 5 nitrogen and oxygen atoms in total. The Balaban J connectivity index is 1.93. The van der Waals surface area contributed by atoms with E-state index in [1.165, 1.54) is 5.56 Å². The number of fused-ring (bicyclic) bond motifs is 1. The van der Waals surface area contributed by atoms with Gasteiger partial charge in [0.15, 0.2) is 0 Å². The number of benzene rings is 1. The highest BCUT2D eigenvalue weighted by Crippen LogP contribution is 2.19. The van der Waals surface area contributed by atoms with Crippen molar-refractivity contribution in [2.24, 2.45) is 0 Å². The van der Waals surface area contributed by atoms with Crippen molar-refractivity contribution in [3.63, 3.8) is 0 Å². The second kappa shape index (κ2) is 6.56. The largest absolute Gasteiger partial charge is 0.395 e. The van der Waals surface area contributed by atoms with Gasteiger partial charge in [0.25, 0.3) is 0 Å². The molecule has 2 heterocycles. The van der Waals surface area contributed by atoms with E-state index in [2.05, 4.69) is 39.9 Å². The lowest BCUT2D eigenvalue weighted by atomic mass is 10.1. The fraction of sp³-hybridized carbons (Fsp3) is 0.562. The van der Waals surface area contributed by atoms with Gasteiger partial charge in [-0.3, -0.25) is 4.90 Å². The molecule has 1 aliphatic rings.